The van der Waals surface area contributed by atoms with Gasteiger partial charge in [0.1, 0.15) is 11.5 Å². The summed E-state index contributed by atoms with van der Waals surface area (Å²) in [4.78, 5) is 13.2. The number of para-hydroxylation sites is 3. The summed E-state index contributed by atoms with van der Waals surface area (Å²) in [5.41, 5.74) is 2.16. The topological polar surface area (TPSA) is 80.2 Å². The van der Waals surface area contributed by atoms with Gasteiger partial charge in [0.25, 0.3) is 5.91 Å². The van der Waals surface area contributed by atoms with E-state index in [4.69, 9.17) is 0 Å². The molecule has 0 saturated heterocycles. The number of nitrogens with one attached hydrogen (secondary N) is 2. The molecule has 2 N–H and O–H groups in total. The Morgan fingerprint density at radius 1 is 0.935 bits per heavy atom. The highest BCUT2D eigenvalue weighted by Gasteiger charge is 2.18. The molecule has 0 fully saturated rings. The summed E-state index contributed by atoms with van der Waals surface area (Å²) in [6.45, 7) is 0.173. The van der Waals surface area contributed by atoms with E-state index in [1.807, 2.05) is 24.3 Å². The SMILES string of the molecule is CS(=O)(=O)Nc1ccccc1NC(=O)c1cc2ccccc2n1Cc1ccccc1F. The molecule has 8 heteroatoms. The Kier molecular flexibility index (Phi) is 5.48. The summed E-state index contributed by atoms with van der Waals surface area (Å²) in [6.07, 6.45) is 1.04. The number of amides is 1. The van der Waals surface area contributed by atoms with Crippen molar-refractivity contribution < 1.29 is 17.6 Å². The number of halogens is 1. The van der Waals surface area contributed by atoms with Crippen molar-refractivity contribution in [2.45, 2.75) is 6.54 Å². The van der Waals surface area contributed by atoms with Crippen molar-refractivity contribution in [1.82, 2.24) is 4.57 Å². The van der Waals surface area contributed by atoms with Crippen LogP contribution in [0.3, 0.4) is 0 Å². The van der Waals surface area contributed by atoms with Gasteiger partial charge in [-0.05, 0) is 30.3 Å². The quantitative estimate of drug-likeness (QED) is 0.468. The van der Waals surface area contributed by atoms with Crippen molar-refractivity contribution in [3.63, 3.8) is 0 Å². The smallest absolute Gasteiger partial charge is 0.272 e. The van der Waals surface area contributed by atoms with E-state index in [0.29, 0.717) is 16.9 Å². The van der Waals surface area contributed by atoms with Gasteiger partial charge in [-0.15, -0.1) is 0 Å². The molecule has 0 saturated carbocycles. The highest BCUT2D eigenvalue weighted by atomic mass is 32.2. The molecule has 0 radical (unpaired) electrons. The lowest BCUT2D eigenvalue weighted by Gasteiger charge is -2.14. The van der Waals surface area contributed by atoms with Crippen molar-refractivity contribution in [1.29, 1.82) is 0 Å². The lowest BCUT2D eigenvalue weighted by atomic mass is 10.2. The molecule has 158 valence electrons. The van der Waals surface area contributed by atoms with Gasteiger partial charge in [-0.2, -0.15) is 0 Å². The monoisotopic (exact) mass is 437 g/mol. The van der Waals surface area contributed by atoms with E-state index in [-0.39, 0.29) is 18.0 Å². The first kappa shape index (κ1) is 20.6. The predicted octanol–water partition coefficient (Wildman–Crippen LogP) is 4.45. The summed E-state index contributed by atoms with van der Waals surface area (Å²) in [7, 11) is -3.52. The molecule has 1 heterocycles. The van der Waals surface area contributed by atoms with Gasteiger partial charge < -0.3 is 9.88 Å². The lowest BCUT2D eigenvalue weighted by Crippen LogP contribution is -2.19. The number of carbonyl (C=O) groups is 1. The largest absolute Gasteiger partial charge is 0.332 e. The third-order valence-electron chi connectivity index (χ3n) is 4.80. The van der Waals surface area contributed by atoms with Crippen molar-refractivity contribution >= 4 is 38.2 Å². The number of fused-ring (bicyclic) bond motifs is 1. The standard InChI is InChI=1S/C23H20FN3O3S/c1-31(29,30)26-20-12-6-5-11-19(20)25-23(28)22-14-16-8-3-7-13-21(16)27(22)15-17-9-2-4-10-18(17)24/h2-14,26H,15H2,1H3,(H,25,28). The molecule has 1 amide bonds. The van der Waals surface area contributed by atoms with E-state index in [1.54, 1.807) is 53.1 Å². The predicted molar refractivity (Wildman–Crippen MR) is 120 cm³/mol. The summed E-state index contributed by atoms with van der Waals surface area (Å²) in [5.74, 6) is -0.787. The molecular formula is C23H20FN3O3S. The Hall–Kier alpha value is -3.65. The van der Waals surface area contributed by atoms with Gasteiger partial charge in [-0.3, -0.25) is 9.52 Å². The van der Waals surface area contributed by atoms with Crippen LogP contribution in [0.5, 0.6) is 0 Å². The number of hydrogen-bond acceptors (Lipinski definition) is 3. The zero-order valence-electron chi connectivity index (χ0n) is 16.7. The fourth-order valence-electron chi connectivity index (χ4n) is 3.43. The van der Waals surface area contributed by atoms with Crippen molar-refractivity contribution in [3.8, 4) is 0 Å². The minimum Gasteiger partial charge on any atom is -0.332 e. The van der Waals surface area contributed by atoms with E-state index in [1.165, 1.54) is 6.07 Å². The van der Waals surface area contributed by atoms with Crippen molar-refractivity contribution in [2.24, 2.45) is 0 Å². The van der Waals surface area contributed by atoms with Crippen LogP contribution in [0, 0.1) is 5.82 Å². The van der Waals surface area contributed by atoms with Gasteiger partial charge in [0, 0.05) is 16.5 Å². The summed E-state index contributed by atoms with van der Waals surface area (Å²) < 4.78 is 41.7. The minimum atomic E-state index is -3.52. The van der Waals surface area contributed by atoms with Crippen LogP contribution in [0.2, 0.25) is 0 Å². The number of nitrogens with zero attached hydrogens (tertiary/aromatic N) is 1. The third-order valence-corrected chi connectivity index (χ3v) is 5.39. The van der Waals surface area contributed by atoms with Gasteiger partial charge in [-0.1, -0.05) is 48.5 Å². The van der Waals surface area contributed by atoms with Crippen LogP contribution in [-0.2, 0) is 16.6 Å². The molecule has 0 aliphatic heterocycles. The Labute approximate surface area is 179 Å². The molecule has 4 rings (SSSR count). The van der Waals surface area contributed by atoms with E-state index in [2.05, 4.69) is 10.0 Å². The number of sulfonamides is 1. The molecule has 0 aliphatic carbocycles. The second-order valence-electron chi connectivity index (χ2n) is 7.14. The Morgan fingerprint density at radius 3 is 2.32 bits per heavy atom. The molecule has 0 spiro atoms. The molecule has 31 heavy (non-hydrogen) atoms. The highest BCUT2D eigenvalue weighted by molar-refractivity contribution is 7.92. The fourth-order valence-corrected chi connectivity index (χ4v) is 4.01. The summed E-state index contributed by atoms with van der Waals surface area (Å²) >= 11 is 0. The molecule has 0 bridgehead atoms. The first-order valence-electron chi connectivity index (χ1n) is 9.52. The van der Waals surface area contributed by atoms with Crippen LogP contribution < -0.4 is 10.0 Å². The second kappa shape index (κ2) is 8.23. The molecule has 3 aromatic carbocycles. The van der Waals surface area contributed by atoms with Gasteiger partial charge >= 0.3 is 0 Å². The van der Waals surface area contributed by atoms with Crippen molar-refractivity contribution in [2.75, 3.05) is 16.3 Å². The molecule has 6 nitrogen and oxygen atoms in total. The summed E-state index contributed by atoms with van der Waals surface area (Å²) in [5, 5.41) is 3.61. The average Bonchev–Trinajstić information content (AvgIpc) is 3.09. The Morgan fingerprint density at radius 2 is 1.58 bits per heavy atom. The van der Waals surface area contributed by atoms with E-state index < -0.39 is 15.9 Å². The zero-order chi connectivity index (χ0) is 22.0. The van der Waals surface area contributed by atoms with Gasteiger partial charge in [-0.25, -0.2) is 12.8 Å². The maximum Gasteiger partial charge on any atom is 0.272 e. The third kappa shape index (κ3) is 4.59. The van der Waals surface area contributed by atoms with Gasteiger partial charge in [0.15, 0.2) is 0 Å². The van der Waals surface area contributed by atoms with Crippen LogP contribution in [0.4, 0.5) is 15.8 Å². The number of anilines is 2. The van der Waals surface area contributed by atoms with E-state index >= 15 is 0 Å². The molecular weight excluding hydrogens is 417 g/mol. The summed E-state index contributed by atoms with van der Waals surface area (Å²) in [6, 6.07) is 22.1. The number of aromatic nitrogens is 1. The second-order valence-corrected chi connectivity index (χ2v) is 8.89. The van der Waals surface area contributed by atoms with Crippen LogP contribution in [0.1, 0.15) is 16.1 Å². The zero-order valence-corrected chi connectivity index (χ0v) is 17.5. The first-order valence-corrected chi connectivity index (χ1v) is 11.4. The minimum absolute atomic E-state index is 0.173. The highest BCUT2D eigenvalue weighted by Crippen LogP contribution is 2.26. The van der Waals surface area contributed by atoms with Crippen molar-refractivity contribution in [3.05, 3.63) is 95.9 Å². The van der Waals surface area contributed by atoms with Crippen LogP contribution >= 0.6 is 0 Å². The molecule has 4 aromatic rings. The van der Waals surface area contributed by atoms with E-state index in [0.717, 1.165) is 17.2 Å². The molecule has 0 unspecified atom stereocenters. The van der Waals surface area contributed by atoms with Gasteiger partial charge in [0.05, 0.1) is 24.2 Å². The van der Waals surface area contributed by atoms with Crippen LogP contribution in [0.25, 0.3) is 10.9 Å². The van der Waals surface area contributed by atoms with Gasteiger partial charge in [0.2, 0.25) is 10.0 Å². The maximum absolute atomic E-state index is 14.3. The van der Waals surface area contributed by atoms with Crippen LogP contribution in [-0.4, -0.2) is 25.1 Å². The molecule has 0 aliphatic rings. The maximum atomic E-state index is 14.3. The molecule has 1 aromatic heterocycles. The normalized spacial score (nSPS) is 11.4. The Balaban J connectivity index is 1.73. The van der Waals surface area contributed by atoms with Crippen LogP contribution in [0.15, 0.2) is 78.9 Å². The molecule has 0 atom stereocenters. The average molecular weight is 437 g/mol. The number of hydrogen-bond donors (Lipinski definition) is 2. The fraction of sp³-hybridized carbons (Fsp3) is 0.0870. The number of benzene rings is 3. The number of rotatable bonds is 6. The lowest BCUT2D eigenvalue weighted by molar-refractivity contribution is 0.101. The van der Waals surface area contributed by atoms with E-state index in [9.17, 15) is 17.6 Å². The first-order chi connectivity index (χ1) is 14.8. The number of carbonyl (C=O) groups excluding carboxylic acids is 1. The Bertz CT molecular complexity index is 1380.